The lowest BCUT2D eigenvalue weighted by Crippen LogP contribution is -2.15. The molecule has 0 spiro atoms. The van der Waals surface area contributed by atoms with Gasteiger partial charge in [0.05, 0.1) is 6.42 Å². The van der Waals surface area contributed by atoms with Gasteiger partial charge in [-0.15, -0.1) is 0 Å². The highest BCUT2D eigenvalue weighted by Crippen LogP contribution is 2.10. The molecule has 0 aromatic heterocycles. The molecule has 0 bridgehead atoms. The number of hydrogen-bond donors (Lipinski definition) is 0. The minimum Gasteiger partial charge on any atom is -0.462 e. The van der Waals surface area contributed by atoms with Gasteiger partial charge in [-0.1, -0.05) is 44.7 Å². The van der Waals surface area contributed by atoms with Crippen LogP contribution in [0.15, 0.2) is 36.4 Å². The molecule has 0 fully saturated rings. The second kappa shape index (κ2) is 9.03. The summed E-state index contributed by atoms with van der Waals surface area (Å²) >= 11 is 0. The second-order valence-electron chi connectivity index (χ2n) is 5.73. The van der Waals surface area contributed by atoms with Gasteiger partial charge in [-0.25, -0.2) is 4.79 Å². The first-order chi connectivity index (χ1) is 10.4. The summed E-state index contributed by atoms with van der Waals surface area (Å²) in [6.07, 6.45) is 1.25. The van der Waals surface area contributed by atoms with Crippen LogP contribution < -0.4 is 0 Å². The van der Waals surface area contributed by atoms with Crippen LogP contribution >= 0.6 is 0 Å². The third-order valence-corrected chi connectivity index (χ3v) is 2.94. The number of benzene rings is 1. The number of esters is 2. The van der Waals surface area contributed by atoms with Gasteiger partial charge in [-0.2, -0.15) is 0 Å². The molecule has 120 valence electrons. The maximum Gasteiger partial charge on any atom is 0.333 e. The van der Waals surface area contributed by atoms with Crippen LogP contribution in [0.4, 0.5) is 0 Å². The van der Waals surface area contributed by atoms with E-state index >= 15 is 0 Å². The molecular formula is C18H24O4. The molecule has 0 aliphatic heterocycles. The maximum atomic E-state index is 11.7. The van der Waals surface area contributed by atoms with Crippen molar-refractivity contribution in [2.24, 2.45) is 5.92 Å². The van der Waals surface area contributed by atoms with E-state index in [4.69, 9.17) is 9.47 Å². The van der Waals surface area contributed by atoms with E-state index in [2.05, 4.69) is 20.4 Å². The van der Waals surface area contributed by atoms with Crippen LogP contribution in [-0.2, 0) is 31.9 Å². The molecule has 0 amide bonds. The molecule has 0 radical (unpaired) electrons. The fraction of sp³-hybridized carbons (Fsp3) is 0.444. The van der Waals surface area contributed by atoms with E-state index in [1.165, 1.54) is 5.56 Å². The van der Waals surface area contributed by atoms with E-state index in [0.717, 1.165) is 12.0 Å². The molecule has 0 saturated heterocycles. The molecule has 0 atom stereocenters. The molecule has 0 N–H and O–H groups in total. The van der Waals surface area contributed by atoms with Gasteiger partial charge in [0.2, 0.25) is 0 Å². The van der Waals surface area contributed by atoms with Crippen LogP contribution in [0.5, 0.6) is 0 Å². The van der Waals surface area contributed by atoms with E-state index in [0.29, 0.717) is 11.5 Å². The highest BCUT2D eigenvalue weighted by atomic mass is 16.6. The molecule has 0 aliphatic rings. The van der Waals surface area contributed by atoms with Crippen LogP contribution in [-0.4, -0.2) is 25.2 Å². The Hall–Kier alpha value is -2.10. The average Bonchev–Trinajstić information content (AvgIpc) is 2.44. The summed E-state index contributed by atoms with van der Waals surface area (Å²) in [7, 11) is 0. The minimum absolute atomic E-state index is 0.0464. The summed E-state index contributed by atoms with van der Waals surface area (Å²) in [5.74, 6) is -0.197. The lowest BCUT2D eigenvalue weighted by Gasteiger charge is -2.08. The Balaban J connectivity index is 2.30. The summed E-state index contributed by atoms with van der Waals surface area (Å²) in [6.45, 7) is 9.48. The monoisotopic (exact) mass is 304 g/mol. The van der Waals surface area contributed by atoms with Gasteiger partial charge in [0.1, 0.15) is 13.2 Å². The minimum atomic E-state index is -0.475. The molecule has 0 aliphatic carbocycles. The van der Waals surface area contributed by atoms with Gasteiger partial charge in [0, 0.05) is 5.57 Å². The molecule has 0 heterocycles. The number of hydrogen-bond acceptors (Lipinski definition) is 4. The molecule has 0 unspecified atom stereocenters. The maximum absolute atomic E-state index is 11.7. The smallest absolute Gasteiger partial charge is 0.333 e. The predicted molar refractivity (Wildman–Crippen MR) is 85.4 cm³/mol. The zero-order valence-electron chi connectivity index (χ0n) is 13.6. The van der Waals surface area contributed by atoms with Crippen molar-refractivity contribution in [3.8, 4) is 0 Å². The first kappa shape index (κ1) is 18.0. The van der Waals surface area contributed by atoms with E-state index in [-0.39, 0.29) is 25.6 Å². The zero-order chi connectivity index (χ0) is 16.5. The molecule has 1 aromatic rings. The highest BCUT2D eigenvalue weighted by Gasteiger charge is 2.07. The lowest BCUT2D eigenvalue weighted by molar-refractivity contribution is -0.149. The van der Waals surface area contributed by atoms with Gasteiger partial charge in [-0.05, 0) is 30.4 Å². The van der Waals surface area contributed by atoms with Crippen LogP contribution in [0.3, 0.4) is 0 Å². The molecule has 1 aromatic carbocycles. The Labute approximate surface area is 132 Å². The number of ether oxygens (including phenoxy) is 2. The van der Waals surface area contributed by atoms with E-state index in [9.17, 15) is 9.59 Å². The first-order valence-corrected chi connectivity index (χ1v) is 7.44. The Kier molecular flexibility index (Phi) is 7.37. The van der Waals surface area contributed by atoms with Crippen molar-refractivity contribution in [2.75, 3.05) is 13.2 Å². The quantitative estimate of drug-likeness (QED) is 0.421. The van der Waals surface area contributed by atoms with E-state index in [1.807, 2.05) is 24.3 Å². The van der Waals surface area contributed by atoms with Crippen molar-refractivity contribution >= 4 is 11.9 Å². The van der Waals surface area contributed by atoms with Gasteiger partial charge >= 0.3 is 11.9 Å². The Morgan fingerprint density at radius 2 is 1.59 bits per heavy atom. The van der Waals surface area contributed by atoms with Gasteiger partial charge in [0.25, 0.3) is 0 Å². The van der Waals surface area contributed by atoms with Crippen molar-refractivity contribution in [1.29, 1.82) is 0 Å². The third kappa shape index (κ3) is 7.07. The predicted octanol–water partition coefficient (Wildman–Crippen LogP) is 3.09. The summed E-state index contributed by atoms with van der Waals surface area (Å²) in [6, 6.07) is 7.97. The highest BCUT2D eigenvalue weighted by molar-refractivity contribution is 5.86. The summed E-state index contributed by atoms with van der Waals surface area (Å²) in [5, 5.41) is 0. The normalized spacial score (nSPS) is 10.4. The van der Waals surface area contributed by atoms with Crippen LogP contribution in [0, 0.1) is 5.92 Å². The van der Waals surface area contributed by atoms with Gasteiger partial charge < -0.3 is 9.47 Å². The lowest BCUT2D eigenvalue weighted by atomic mass is 10.0. The molecule has 4 nitrogen and oxygen atoms in total. The van der Waals surface area contributed by atoms with Crippen molar-refractivity contribution in [3.05, 3.63) is 47.5 Å². The Bertz CT molecular complexity index is 514. The Morgan fingerprint density at radius 1 is 1.05 bits per heavy atom. The molecular weight excluding hydrogens is 280 g/mol. The van der Waals surface area contributed by atoms with Crippen LogP contribution in [0.2, 0.25) is 0 Å². The van der Waals surface area contributed by atoms with Crippen molar-refractivity contribution in [3.63, 3.8) is 0 Å². The number of rotatable bonds is 8. The largest absolute Gasteiger partial charge is 0.462 e. The van der Waals surface area contributed by atoms with E-state index < -0.39 is 5.97 Å². The number of carbonyl (C=O) groups is 2. The SMILES string of the molecule is C=C(C)C(=O)OCCOC(=O)Cc1ccc(CC(C)C)cc1. The standard InChI is InChI=1S/C18H24O4/c1-13(2)11-15-5-7-16(8-6-15)12-17(19)21-9-10-22-18(20)14(3)4/h5-8,13H,3,9-12H2,1-2,4H3. The fourth-order valence-corrected chi connectivity index (χ4v) is 1.90. The summed E-state index contributed by atoms with van der Waals surface area (Å²) < 4.78 is 9.87. The molecule has 1 rings (SSSR count). The third-order valence-electron chi connectivity index (χ3n) is 2.94. The fourth-order valence-electron chi connectivity index (χ4n) is 1.90. The molecule has 0 saturated carbocycles. The van der Waals surface area contributed by atoms with Gasteiger partial charge in [-0.3, -0.25) is 4.79 Å². The van der Waals surface area contributed by atoms with Crippen LogP contribution in [0.25, 0.3) is 0 Å². The van der Waals surface area contributed by atoms with Crippen LogP contribution in [0.1, 0.15) is 31.9 Å². The Morgan fingerprint density at radius 3 is 2.14 bits per heavy atom. The van der Waals surface area contributed by atoms with E-state index in [1.54, 1.807) is 6.92 Å². The average molecular weight is 304 g/mol. The topological polar surface area (TPSA) is 52.6 Å². The second-order valence-corrected chi connectivity index (χ2v) is 5.73. The van der Waals surface area contributed by atoms with Crippen molar-refractivity contribution < 1.29 is 19.1 Å². The summed E-state index contributed by atoms with van der Waals surface area (Å²) in [5.41, 5.74) is 2.50. The van der Waals surface area contributed by atoms with Crippen molar-refractivity contribution in [2.45, 2.75) is 33.6 Å². The first-order valence-electron chi connectivity index (χ1n) is 7.44. The number of carbonyl (C=O) groups excluding carboxylic acids is 2. The molecule has 4 heteroatoms. The summed E-state index contributed by atoms with van der Waals surface area (Å²) in [4.78, 5) is 22.8. The van der Waals surface area contributed by atoms with Gasteiger partial charge in [0.15, 0.2) is 0 Å². The zero-order valence-corrected chi connectivity index (χ0v) is 13.6. The molecule has 22 heavy (non-hydrogen) atoms. The van der Waals surface area contributed by atoms with Crippen molar-refractivity contribution in [1.82, 2.24) is 0 Å².